The minimum absolute atomic E-state index is 0.124. The van der Waals surface area contributed by atoms with Crippen molar-refractivity contribution in [2.75, 3.05) is 10.6 Å². The molecule has 5 nitrogen and oxygen atoms in total. The third-order valence-corrected chi connectivity index (χ3v) is 2.54. The first-order valence-corrected chi connectivity index (χ1v) is 5.51. The number of nitrogens with one attached hydrogen (secondary N) is 2. The molecule has 0 radical (unpaired) electrons. The van der Waals surface area contributed by atoms with Crippen molar-refractivity contribution in [2.45, 2.75) is 13.5 Å². The number of rotatable bonds is 3. The number of benzene rings is 1. The van der Waals surface area contributed by atoms with Gasteiger partial charge in [0.05, 0.1) is 18.6 Å². The maximum atomic E-state index is 11.8. The molecule has 3 N–H and O–H groups in total. The largest absolute Gasteiger partial charge is 0.467 e. The van der Waals surface area contributed by atoms with E-state index < -0.39 is 0 Å². The number of carbonyl (C=O) groups excluding carboxylic acids is 1. The van der Waals surface area contributed by atoms with E-state index in [0.717, 1.165) is 0 Å². The van der Waals surface area contributed by atoms with Gasteiger partial charge in [0.25, 0.3) is 0 Å². The second-order valence-corrected chi connectivity index (χ2v) is 3.78. The van der Waals surface area contributed by atoms with E-state index in [2.05, 4.69) is 10.6 Å². The lowest BCUT2D eigenvalue weighted by molar-refractivity contribution is 0.262. The number of furan rings is 1. The smallest absolute Gasteiger partial charge is 0.323 e. The molecule has 0 fully saturated rings. The van der Waals surface area contributed by atoms with Crippen LogP contribution in [0.25, 0.3) is 0 Å². The van der Waals surface area contributed by atoms with Crippen LogP contribution in [0.3, 0.4) is 0 Å². The van der Waals surface area contributed by atoms with Crippen molar-refractivity contribution >= 4 is 17.4 Å². The fourth-order valence-electron chi connectivity index (χ4n) is 1.57. The van der Waals surface area contributed by atoms with Crippen LogP contribution in [0.4, 0.5) is 16.2 Å². The number of urea groups is 1. The number of anilines is 2. The van der Waals surface area contributed by atoms with Crippen LogP contribution in [0.1, 0.15) is 11.3 Å². The quantitative estimate of drug-likeness (QED) is 0.779. The van der Waals surface area contributed by atoms with Gasteiger partial charge in [0.15, 0.2) is 0 Å². The van der Waals surface area contributed by atoms with Gasteiger partial charge in [-0.25, -0.2) is 4.79 Å². The highest BCUT2D eigenvalue weighted by Gasteiger charge is 2.08. The Morgan fingerprint density at radius 3 is 2.61 bits per heavy atom. The van der Waals surface area contributed by atoms with Crippen LogP contribution < -0.4 is 10.6 Å². The molecule has 2 aromatic rings. The molecule has 0 bridgehead atoms. The maximum absolute atomic E-state index is 11.8. The van der Waals surface area contributed by atoms with Crippen molar-refractivity contribution < 1.29 is 14.3 Å². The van der Waals surface area contributed by atoms with E-state index in [4.69, 9.17) is 9.52 Å². The fourth-order valence-corrected chi connectivity index (χ4v) is 1.57. The van der Waals surface area contributed by atoms with Crippen LogP contribution in [-0.2, 0) is 6.61 Å². The first kappa shape index (κ1) is 12.2. The molecular formula is C13H14N2O3. The van der Waals surface area contributed by atoms with Crippen molar-refractivity contribution in [2.24, 2.45) is 0 Å². The molecule has 5 heteroatoms. The van der Waals surface area contributed by atoms with Gasteiger partial charge >= 0.3 is 6.03 Å². The van der Waals surface area contributed by atoms with Crippen LogP contribution in [0.15, 0.2) is 41.0 Å². The Hall–Kier alpha value is -2.27. The van der Waals surface area contributed by atoms with Crippen molar-refractivity contribution in [3.8, 4) is 0 Å². The lowest BCUT2D eigenvalue weighted by Gasteiger charge is -2.09. The third kappa shape index (κ3) is 2.70. The SMILES string of the molecule is Cc1occc1NC(=O)Nc1ccccc1CO. The number of amides is 2. The van der Waals surface area contributed by atoms with Crippen LogP contribution in [0, 0.1) is 6.92 Å². The van der Waals surface area contributed by atoms with Gasteiger partial charge in [-0.15, -0.1) is 0 Å². The number of aliphatic hydroxyl groups is 1. The Morgan fingerprint density at radius 2 is 1.94 bits per heavy atom. The molecule has 0 saturated heterocycles. The van der Waals surface area contributed by atoms with Gasteiger partial charge < -0.3 is 20.2 Å². The van der Waals surface area contributed by atoms with Gasteiger partial charge in [0.1, 0.15) is 5.76 Å². The van der Waals surface area contributed by atoms with Gasteiger partial charge in [-0.2, -0.15) is 0 Å². The van der Waals surface area contributed by atoms with Gasteiger partial charge in [0, 0.05) is 17.3 Å². The Kier molecular flexibility index (Phi) is 3.64. The summed E-state index contributed by atoms with van der Waals surface area (Å²) in [4.78, 5) is 11.8. The predicted molar refractivity (Wildman–Crippen MR) is 68.5 cm³/mol. The van der Waals surface area contributed by atoms with Crippen LogP contribution in [0.5, 0.6) is 0 Å². The van der Waals surface area contributed by atoms with Crippen molar-refractivity contribution in [3.05, 3.63) is 47.9 Å². The van der Waals surface area contributed by atoms with Crippen molar-refractivity contribution in [1.82, 2.24) is 0 Å². The monoisotopic (exact) mass is 246 g/mol. The number of aliphatic hydroxyl groups excluding tert-OH is 1. The molecule has 0 aliphatic carbocycles. The molecule has 94 valence electrons. The summed E-state index contributed by atoms with van der Waals surface area (Å²) in [7, 11) is 0. The molecule has 0 spiro atoms. The predicted octanol–water partition coefficient (Wildman–Crippen LogP) is 2.72. The van der Waals surface area contributed by atoms with E-state index in [1.165, 1.54) is 6.26 Å². The van der Waals surface area contributed by atoms with Gasteiger partial charge in [0.2, 0.25) is 0 Å². The summed E-state index contributed by atoms with van der Waals surface area (Å²) in [5.41, 5.74) is 1.86. The lowest BCUT2D eigenvalue weighted by Crippen LogP contribution is -2.20. The molecule has 0 unspecified atom stereocenters. The normalized spacial score (nSPS) is 10.1. The molecule has 2 rings (SSSR count). The number of hydrogen-bond acceptors (Lipinski definition) is 3. The van der Waals surface area contributed by atoms with E-state index in [1.54, 1.807) is 37.3 Å². The number of para-hydroxylation sites is 1. The molecule has 1 aromatic carbocycles. The van der Waals surface area contributed by atoms with E-state index >= 15 is 0 Å². The van der Waals surface area contributed by atoms with Gasteiger partial charge in [-0.05, 0) is 13.0 Å². The number of hydrogen-bond donors (Lipinski definition) is 3. The second kappa shape index (κ2) is 5.37. The molecular weight excluding hydrogens is 232 g/mol. The zero-order valence-electron chi connectivity index (χ0n) is 9.93. The number of aryl methyl sites for hydroxylation is 1. The Balaban J connectivity index is 2.05. The zero-order valence-corrected chi connectivity index (χ0v) is 9.93. The standard InChI is InChI=1S/C13H14N2O3/c1-9-11(6-7-18-9)14-13(17)15-12-5-3-2-4-10(12)8-16/h2-7,16H,8H2,1H3,(H2,14,15,17). The van der Waals surface area contributed by atoms with Gasteiger partial charge in [-0.1, -0.05) is 18.2 Å². The topological polar surface area (TPSA) is 74.5 Å². The highest BCUT2D eigenvalue weighted by atomic mass is 16.3. The highest BCUT2D eigenvalue weighted by molar-refractivity contribution is 6.00. The average Bonchev–Trinajstić information content (AvgIpc) is 2.75. The fraction of sp³-hybridized carbons (Fsp3) is 0.154. The minimum Gasteiger partial charge on any atom is -0.467 e. The third-order valence-electron chi connectivity index (χ3n) is 2.54. The van der Waals surface area contributed by atoms with E-state index in [-0.39, 0.29) is 12.6 Å². The second-order valence-electron chi connectivity index (χ2n) is 3.78. The molecule has 18 heavy (non-hydrogen) atoms. The van der Waals surface area contributed by atoms with Crippen LogP contribution in [-0.4, -0.2) is 11.1 Å². The molecule has 0 aliphatic rings. The van der Waals surface area contributed by atoms with E-state index in [0.29, 0.717) is 22.7 Å². The lowest BCUT2D eigenvalue weighted by atomic mass is 10.2. The molecule has 2 amide bonds. The molecule has 0 atom stereocenters. The van der Waals surface area contributed by atoms with Crippen LogP contribution >= 0.6 is 0 Å². The summed E-state index contributed by atoms with van der Waals surface area (Å²) in [5.74, 6) is 0.639. The first-order valence-electron chi connectivity index (χ1n) is 5.51. The molecule has 0 saturated carbocycles. The highest BCUT2D eigenvalue weighted by Crippen LogP contribution is 2.17. The van der Waals surface area contributed by atoms with E-state index in [1.807, 2.05) is 0 Å². The zero-order chi connectivity index (χ0) is 13.0. The van der Waals surface area contributed by atoms with Crippen LogP contribution in [0.2, 0.25) is 0 Å². The first-order chi connectivity index (χ1) is 8.70. The van der Waals surface area contributed by atoms with Crippen molar-refractivity contribution in [1.29, 1.82) is 0 Å². The van der Waals surface area contributed by atoms with Crippen molar-refractivity contribution in [3.63, 3.8) is 0 Å². The summed E-state index contributed by atoms with van der Waals surface area (Å²) < 4.78 is 5.08. The Morgan fingerprint density at radius 1 is 1.22 bits per heavy atom. The maximum Gasteiger partial charge on any atom is 0.323 e. The number of carbonyl (C=O) groups is 1. The summed E-state index contributed by atoms with van der Waals surface area (Å²) in [6, 6.07) is 8.37. The molecule has 0 aliphatic heterocycles. The average molecular weight is 246 g/mol. The summed E-state index contributed by atoms with van der Waals surface area (Å²) in [6.07, 6.45) is 1.51. The Bertz CT molecular complexity index is 549. The molecule has 1 aromatic heterocycles. The summed E-state index contributed by atoms with van der Waals surface area (Å²) >= 11 is 0. The minimum atomic E-state index is -0.375. The molecule has 1 heterocycles. The summed E-state index contributed by atoms with van der Waals surface area (Å²) in [5, 5.41) is 14.5. The Labute approximate surface area is 104 Å². The van der Waals surface area contributed by atoms with E-state index in [9.17, 15) is 4.79 Å². The van der Waals surface area contributed by atoms with Gasteiger partial charge in [-0.3, -0.25) is 0 Å². The summed E-state index contributed by atoms with van der Waals surface area (Å²) in [6.45, 7) is 1.64.